The van der Waals surface area contributed by atoms with Crippen molar-refractivity contribution in [1.29, 1.82) is 0 Å². The van der Waals surface area contributed by atoms with Crippen LogP contribution in [0.25, 0.3) is 43.4 Å². The average Bonchev–Trinajstić information content (AvgIpc) is 3.20. The second-order valence-corrected chi connectivity index (χ2v) is 12.8. The Balaban J connectivity index is 1.12. The number of para-hydroxylation sites is 2. The number of pyridine rings is 1. The van der Waals surface area contributed by atoms with E-state index in [1.165, 1.54) is 21.5 Å². The molecule has 8 aromatic carbocycles. The number of nitrogens with zero attached hydrogens (tertiary/aromatic N) is 3. The van der Waals surface area contributed by atoms with Crippen LogP contribution in [0.2, 0.25) is 0 Å². The van der Waals surface area contributed by atoms with Gasteiger partial charge in [0.15, 0.2) is 0 Å². The van der Waals surface area contributed by atoms with Gasteiger partial charge in [-0.25, -0.2) is 0 Å². The maximum Gasteiger partial charge on any atom is 0.137 e. The minimum absolute atomic E-state index is 0.833. The molecule has 0 aliphatic carbocycles. The van der Waals surface area contributed by atoms with Crippen molar-refractivity contribution in [2.24, 2.45) is 0 Å². The van der Waals surface area contributed by atoms with Crippen LogP contribution in [0.4, 0.5) is 34.1 Å². The van der Waals surface area contributed by atoms with Crippen LogP contribution >= 0.6 is 0 Å². The van der Waals surface area contributed by atoms with Crippen LogP contribution in [-0.2, 0) is 0 Å². The third-order valence-electron chi connectivity index (χ3n) is 9.88. The molecule has 0 N–H and O–H groups in total. The van der Waals surface area contributed by atoms with E-state index >= 15 is 0 Å². The Morgan fingerprint density at radius 3 is 1.84 bits per heavy atom. The number of rotatable bonds is 6. The van der Waals surface area contributed by atoms with Crippen LogP contribution < -0.4 is 14.5 Å². The summed E-state index contributed by atoms with van der Waals surface area (Å²) in [5.41, 5.74) is 8.54. The third-order valence-corrected chi connectivity index (χ3v) is 9.88. The summed E-state index contributed by atoms with van der Waals surface area (Å²) in [5.74, 6) is 1.68. The minimum atomic E-state index is 0.833. The zero-order valence-corrected chi connectivity index (χ0v) is 27.6. The summed E-state index contributed by atoms with van der Waals surface area (Å²) in [6.45, 7) is 0. The van der Waals surface area contributed by atoms with E-state index in [0.29, 0.717) is 0 Å². The van der Waals surface area contributed by atoms with E-state index in [4.69, 9.17) is 4.74 Å². The molecule has 0 amide bonds. The topological polar surface area (TPSA) is 28.6 Å². The van der Waals surface area contributed by atoms with Gasteiger partial charge in [0.1, 0.15) is 11.5 Å². The lowest BCUT2D eigenvalue weighted by molar-refractivity contribution is 0.487. The molecule has 9 aromatic rings. The Labute approximate surface area is 296 Å². The maximum absolute atomic E-state index is 6.83. The molecule has 240 valence electrons. The van der Waals surface area contributed by atoms with E-state index in [2.05, 4.69) is 179 Å². The third kappa shape index (κ3) is 4.88. The summed E-state index contributed by atoms with van der Waals surface area (Å²) in [6, 6.07) is 62.2. The molecule has 0 saturated heterocycles. The summed E-state index contributed by atoms with van der Waals surface area (Å²) in [7, 11) is 0. The molecule has 0 spiro atoms. The second-order valence-electron chi connectivity index (χ2n) is 12.8. The van der Waals surface area contributed by atoms with Crippen LogP contribution in [0, 0.1) is 0 Å². The molecule has 0 radical (unpaired) electrons. The van der Waals surface area contributed by atoms with Crippen molar-refractivity contribution >= 4 is 66.4 Å². The summed E-state index contributed by atoms with van der Waals surface area (Å²) in [6.07, 6.45) is 3.72. The molecule has 0 atom stereocenters. The van der Waals surface area contributed by atoms with Gasteiger partial charge in [0, 0.05) is 51.3 Å². The van der Waals surface area contributed by atoms with Crippen molar-refractivity contribution in [3.05, 3.63) is 188 Å². The standard InChI is InChI=1S/C47H31N3O/c1-3-12-34(13-4-1)49(36-23-22-33-21-20-32-11-7-8-17-39(32)43(33)29-36)37-24-25-40-41-26-27-44(42-18-9-19-45(47(41)42)51-46(40)30-37)50(35-14-5-2-6-15-35)38-16-10-28-48-31-38/h1-31H. The molecule has 4 heteroatoms. The summed E-state index contributed by atoms with van der Waals surface area (Å²) >= 11 is 0. The van der Waals surface area contributed by atoms with Crippen molar-refractivity contribution in [1.82, 2.24) is 4.98 Å². The Kier molecular flexibility index (Phi) is 6.78. The Morgan fingerprint density at radius 2 is 1.04 bits per heavy atom. The molecule has 1 aromatic heterocycles. The number of fused-ring (bicyclic) bond motifs is 5. The fourth-order valence-corrected chi connectivity index (χ4v) is 7.58. The lowest BCUT2D eigenvalue weighted by Gasteiger charge is -2.30. The van der Waals surface area contributed by atoms with Crippen LogP contribution in [0.1, 0.15) is 0 Å². The first-order chi connectivity index (χ1) is 25.3. The Hall–Kier alpha value is -6.91. The fraction of sp³-hybridized carbons (Fsp3) is 0. The normalized spacial score (nSPS) is 11.7. The number of aromatic nitrogens is 1. The molecule has 0 unspecified atom stereocenters. The molecule has 4 nitrogen and oxygen atoms in total. The van der Waals surface area contributed by atoms with Gasteiger partial charge in [0.2, 0.25) is 0 Å². The predicted octanol–water partition coefficient (Wildman–Crippen LogP) is 13.3. The highest BCUT2D eigenvalue weighted by molar-refractivity contribution is 6.12. The summed E-state index contributed by atoms with van der Waals surface area (Å²) < 4.78 is 6.83. The Morgan fingerprint density at radius 1 is 0.392 bits per heavy atom. The lowest BCUT2D eigenvalue weighted by atomic mass is 9.93. The molecule has 51 heavy (non-hydrogen) atoms. The number of benzene rings is 8. The highest BCUT2D eigenvalue weighted by Gasteiger charge is 2.25. The van der Waals surface area contributed by atoms with Crippen molar-refractivity contribution in [2.75, 3.05) is 9.80 Å². The molecule has 0 bridgehead atoms. The molecular weight excluding hydrogens is 623 g/mol. The molecular formula is C47H31N3O. The molecule has 0 fully saturated rings. The maximum atomic E-state index is 6.83. The van der Waals surface area contributed by atoms with E-state index in [-0.39, 0.29) is 0 Å². The lowest BCUT2D eigenvalue weighted by Crippen LogP contribution is -2.12. The first-order valence-corrected chi connectivity index (χ1v) is 17.2. The van der Waals surface area contributed by atoms with E-state index in [1.807, 2.05) is 24.5 Å². The van der Waals surface area contributed by atoms with E-state index in [9.17, 15) is 0 Å². The zero-order chi connectivity index (χ0) is 33.7. The van der Waals surface area contributed by atoms with Crippen molar-refractivity contribution in [3.8, 4) is 22.6 Å². The van der Waals surface area contributed by atoms with Gasteiger partial charge in [-0.15, -0.1) is 0 Å². The minimum Gasteiger partial charge on any atom is -0.456 e. The van der Waals surface area contributed by atoms with Crippen molar-refractivity contribution < 1.29 is 4.74 Å². The summed E-state index contributed by atoms with van der Waals surface area (Å²) in [4.78, 5) is 9.03. The molecule has 1 aliphatic rings. The van der Waals surface area contributed by atoms with Gasteiger partial charge in [-0.1, -0.05) is 97.1 Å². The highest BCUT2D eigenvalue weighted by Crippen LogP contribution is 2.52. The Bertz CT molecular complexity index is 2690. The molecule has 2 heterocycles. The van der Waals surface area contributed by atoms with Gasteiger partial charge in [-0.3, -0.25) is 4.98 Å². The van der Waals surface area contributed by atoms with Gasteiger partial charge in [-0.05, 0) is 99.9 Å². The number of hydrogen-bond donors (Lipinski definition) is 0. The molecule has 0 saturated carbocycles. The van der Waals surface area contributed by atoms with Crippen LogP contribution in [0.15, 0.2) is 188 Å². The van der Waals surface area contributed by atoms with Gasteiger partial charge in [-0.2, -0.15) is 0 Å². The SMILES string of the molecule is c1ccc(N(c2ccc3c(c2)Oc2cccc4c(N(c5ccccc5)c5cccnc5)ccc-3c24)c2ccc3ccc4ccccc4c3c2)cc1. The van der Waals surface area contributed by atoms with Crippen LogP contribution in [0.3, 0.4) is 0 Å². The van der Waals surface area contributed by atoms with Gasteiger partial charge >= 0.3 is 0 Å². The molecule has 1 aliphatic heterocycles. The van der Waals surface area contributed by atoms with Crippen LogP contribution in [-0.4, -0.2) is 4.98 Å². The average molecular weight is 654 g/mol. The molecule has 10 rings (SSSR count). The monoisotopic (exact) mass is 653 g/mol. The van der Waals surface area contributed by atoms with Crippen molar-refractivity contribution in [3.63, 3.8) is 0 Å². The fourth-order valence-electron chi connectivity index (χ4n) is 7.58. The zero-order valence-electron chi connectivity index (χ0n) is 27.6. The van der Waals surface area contributed by atoms with E-state index in [0.717, 1.165) is 67.5 Å². The summed E-state index contributed by atoms with van der Waals surface area (Å²) in [5, 5.41) is 7.14. The van der Waals surface area contributed by atoms with E-state index < -0.39 is 0 Å². The van der Waals surface area contributed by atoms with Crippen LogP contribution in [0.5, 0.6) is 11.5 Å². The number of anilines is 6. The van der Waals surface area contributed by atoms with Gasteiger partial charge in [0.05, 0.1) is 17.6 Å². The van der Waals surface area contributed by atoms with Crippen molar-refractivity contribution in [2.45, 2.75) is 0 Å². The first kappa shape index (κ1) is 29.0. The van der Waals surface area contributed by atoms with Gasteiger partial charge in [0.25, 0.3) is 0 Å². The highest BCUT2D eigenvalue weighted by atomic mass is 16.5. The number of hydrogen-bond acceptors (Lipinski definition) is 4. The van der Waals surface area contributed by atoms with Gasteiger partial charge < -0.3 is 14.5 Å². The largest absolute Gasteiger partial charge is 0.456 e. The smallest absolute Gasteiger partial charge is 0.137 e. The predicted molar refractivity (Wildman–Crippen MR) is 212 cm³/mol. The second kappa shape index (κ2) is 11.9. The quantitative estimate of drug-likeness (QED) is 0.167. The van der Waals surface area contributed by atoms with E-state index in [1.54, 1.807) is 0 Å². The first-order valence-electron chi connectivity index (χ1n) is 17.2. The number of ether oxygens (including phenoxy) is 1.